The zero-order valence-electron chi connectivity index (χ0n) is 23.0. The molecule has 0 rings (SSSR count). The van der Waals surface area contributed by atoms with Gasteiger partial charge in [0.2, 0.25) is 0 Å². The first-order chi connectivity index (χ1) is 20.9. The predicted molar refractivity (Wildman–Crippen MR) is 81.5 cm³/mol. The van der Waals surface area contributed by atoms with E-state index < -0.39 is 95.4 Å². The summed E-state index contributed by atoms with van der Waals surface area (Å²) in [6, 6.07) is 0. The number of alkyl halides is 30. The van der Waals surface area contributed by atoms with E-state index in [1.54, 1.807) is 0 Å². The van der Waals surface area contributed by atoms with E-state index in [9.17, 15) is 152 Å². The summed E-state index contributed by atoms with van der Waals surface area (Å²) in [7, 11) is 0. The average molecular weight is 872 g/mol. The molecule has 0 amide bonds. The van der Waals surface area contributed by atoms with Gasteiger partial charge in [0.15, 0.2) is 0 Å². The molecule has 36 heteroatoms. The van der Waals surface area contributed by atoms with Crippen LogP contribution in [0.5, 0.6) is 0 Å². The molecule has 0 bridgehead atoms. The molecule has 0 N–H and O–H groups in total. The number of aliphatic carboxylic acids is 2. The maximum atomic E-state index is 12.8. The Morgan fingerprint density at radius 3 is 0.481 bits per heavy atom. The fraction of sp³-hybridized carbons (Fsp3) is 0.875. The number of carbonyl (C=O) groups is 2. The van der Waals surface area contributed by atoms with E-state index in [1.165, 1.54) is 0 Å². The maximum Gasteiger partial charge on any atom is 1.00 e. The molecular weight excluding hydrogens is 872 g/mol. The van der Waals surface area contributed by atoms with E-state index in [4.69, 9.17) is 0 Å². The fourth-order valence-electron chi connectivity index (χ4n) is 2.19. The second-order valence-electron chi connectivity index (χ2n) is 8.46. The van der Waals surface area contributed by atoms with Crippen molar-refractivity contribution in [2.45, 2.75) is 83.4 Å². The van der Waals surface area contributed by atoms with Crippen LogP contribution >= 0.6 is 0 Å². The topological polar surface area (TPSA) is 80.3 Å². The number of rotatable bonds is 12. The molecule has 0 aromatic rings. The molecule has 0 spiro atoms. The smallest absolute Gasteiger partial charge is 0.544 e. The van der Waals surface area contributed by atoms with Crippen LogP contribution in [0.4, 0.5) is 132 Å². The normalized spacial score (nSPS) is 15.5. The fourth-order valence-corrected chi connectivity index (χ4v) is 2.19. The minimum atomic E-state index is -8.50. The Bertz CT molecular complexity index is 1170. The molecule has 0 aliphatic carbocycles. The minimum Gasteiger partial charge on any atom is -0.544 e. The zero-order chi connectivity index (χ0) is 42.2. The Morgan fingerprint density at radius 1 is 0.250 bits per heavy atom. The van der Waals surface area contributed by atoms with E-state index in [2.05, 4.69) is 0 Å². The van der Waals surface area contributed by atoms with Crippen LogP contribution in [0.2, 0.25) is 0 Å². The van der Waals surface area contributed by atoms with Crippen LogP contribution in [-0.2, 0) is 9.59 Å². The summed E-state index contributed by atoms with van der Waals surface area (Å²) in [6.07, 6.45) is -15.4. The molecule has 300 valence electrons. The third kappa shape index (κ3) is 7.91. The first kappa shape index (κ1) is 57.6. The van der Waals surface area contributed by atoms with Crippen molar-refractivity contribution in [3.63, 3.8) is 0 Å². The number of hydrogen-bond acceptors (Lipinski definition) is 4. The van der Waals surface area contributed by atoms with Crippen molar-refractivity contribution in [1.82, 2.24) is 0 Å². The summed E-state index contributed by atoms with van der Waals surface area (Å²) in [4.78, 5) is 19.2. The Labute approximate surface area is 305 Å². The van der Waals surface area contributed by atoms with E-state index in [-0.39, 0.29) is 59.1 Å². The Morgan fingerprint density at radius 2 is 0.365 bits per heavy atom. The van der Waals surface area contributed by atoms with Crippen LogP contribution in [0.25, 0.3) is 0 Å². The largest absolute Gasteiger partial charge is 1.00 e. The van der Waals surface area contributed by atoms with Gasteiger partial charge in [-0.05, 0) is 0 Å². The molecule has 0 aliphatic heterocycles. The van der Waals surface area contributed by atoms with Crippen molar-refractivity contribution in [3.05, 3.63) is 0 Å². The molecule has 0 saturated carbocycles. The van der Waals surface area contributed by atoms with Crippen molar-refractivity contribution >= 4 is 11.9 Å². The maximum absolute atomic E-state index is 12.8. The summed E-state index contributed by atoms with van der Waals surface area (Å²) < 4.78 is 372. The van der Waals surface area contributed by atoms with Gasteiger partial charge in [0.1, 0.15) is 11.9 Å². The van der Waals surface area contributed by atoms with Gasteiger partial charge < -0.3 is 19.8 Å². The molecule has 0 heterocycles. The van der Waals surface area contributed by atoms with Crippen LogP contribution in [0.15, 0.2) is 0 Å². The van der Waals surface area contributed by atoms with Crippen LogP contribution in [-0.4, -0.2) is 95.4 Å². The molecule has 0 radical (unpaired) electrons. The number of halogens is 30. The number of carboxylic acids is 2. The van der Waals surface area contributed by atoms with Gasteiger partial charge in [0.05, 0.1) is 0 Å². The Hall–Kier alpha value is -1.16. The number of carboxylic acid groups (broad SMARTS) is 2. The van der Waals surface area contributed by atoms with Crippen molar-refractivity contribution in [2.75, 3.05) is 0 Å². The first-order valence-corrected chi connectivity index (χ1v) is 9.99. The third-order valence-corrected chi connectivity index (χ3v) is 5.17. The third-order valence-electron chi connectivity index (χ3n) is 5.17. The second-order valence-corrected chi connectivity index (χ2v) is 8.46. The predicted octanol–water partition coefficient (Wildman–Crippen LogP) is 0.229. The first-order valence-electron chi connectivity index (χ1n) is 9.99. The summed E-state index contributed by atoms with van der Waals surface area (Å²) in [5.41, 5.74) is 0. The molecular formula is C16F30Na2O4. The molecule has 0 saturated heterocycles. The molecule has 0 unspecified atom stereocenters. The summed E-state index contributed by atoms with van der Waals surface area (Å²) in [5.74, 6) is -107. The van der Waals surface area contributed by atoms with Gasteiger partial charge >= 0.3 is 143 Å². The van der Waals surface area contributed by atoms with Crippen molar-refractivity contribution in [2.24, 2.45) is 0 Å². The van der Waals surface area contributed by atoms with Crippen molar-refractivity contribution < 1.29 is 211 Å². The van der Waals surface area contributed by atoms with Gasteiger partial charge in [-0.1, -0.05) is 0 Å². The molecule has 0 aromatic heterocycles. The van der Waals surface area contributed by atoms with E-state index in [1.807, 2.05) is 0 Å². The molecule has 52 heavy (non-hydrogen) atoms. The summed E-state index contributed by atoms with van der Waals surface area (Å²) in [6.45, 7) is 0. The summed E-state index contributed by atoms with van der Waals surface area (Å²) >= 11 is 0. The second kappa shape index (κ2) is 15.1. The van der Waals surface area contributed by atoms with Gasteiger partial charge in [-0.2, -0.15) is 132 Å². The number of carbonyl (C=O) groups excluding carboxylic acids is 2. The molecule has 0 aliphatic rings. The van der Waals surface area contributed by atoms with Crippen LogP contribution < -0.4 is 69.3 Å². The SMILES string of the molecule is O=C([O-])C(F)(F)C(F)(F)C(F)(F)C(F)(F)C(F)(F)C(F)(F)C(F)(F)F.O=C([O-])C(F)(F)C(F)(F)C(F)(F)C(F)(F)C(F)(F)C(F)(F)C(F)(F)F.[Na+].[Na+]. The van der Waals surface area contributed by atoms with Crippen molar-refractivity contribution in [3.8, 4) is 0 Å². The van der Waals surface area contributed by atoms with Gasteiger partial charge in [-0.25, -0.2) is 0 Å². The monoisotopic (exact) mass is 872 g/mol. The average Bonchev–Trinajstić information content (AvgIpc) is 2.86. The minimum absolute atomic E-state index is 0. The van der Waals surface area contributed by atoms with Gasteiger partial charge in [-0.3, -0.25) is 0 Å². The van der Waals surface area contributed by atoms with Gasteiger partial charge in [0.25, 0.3) is 0 Å². The van der Waals surface area contributed by atoms with Crippen LogP contribution in [0, 0.1) is 0 Å². The number of hydrogen-bond donors (Lipinski definition) is 0. The Balaban J connectivity index is -0.000000427. The van der Waals surface area contributed by atoms with E-state index in [0.29, 0.717) is 0 Å². The zero-order valence-corrected chi connectivity index (χ0v) is 27.0. The van der Waals surface area contributed by atoms with Crippen molar-refractivity contribution in [1.29, 1.82) is 0 Å². The molecule has 4 nitrogen and oxygen atoms in total. The molecule has 0 fully saturated rings. The van der Waals surface area contributed by atoms with E-state index >= 15 is 0 Å². The molecule has 0 aromatic carbocycles. The van der Waals surface area contributed by atoms with Crippen LogP contribution in [0.3, 0.4) is 0 Å². The Kier molecular flexibility index (Phi) is 16.7. The van der Waals surface area contributed by atoms with Gasteiger partial charge in [0, 0.05) is 0 Å². The van der Waals surface area contributed by atoms with Gasteiger partial charge in [-0.15, -0.1) is 0 Å². The quantitative estimate of drug-likeness (QED) is 0.208. The van der Waals surface area contributed by atoms with Crippen LogP contribution in [0.1, 0.15) is 0 Å². The van der Waals surface area contributed by atoms with E-state index in [0.717, 1.165) is 0 Å². The molecule has 0 atom stereocenters. The standard InChI is InChI=1S/2C8HF15O2.2Na/c2*9-2(10,1(24)25)3(11,12)4(13,14)5(15,16)6(17,18)7(19,20)8(21,22)23;;/h2*(H,24,25);;/q;;2*+1/p-2. The summed E-state index contributed by atoms with van der Waals surface area (Å²) in [5, 5.41) is 19.2.